The molecule has 0 aromatic carbocycles. The largest absolute Gasteiger partial charge is 2.00 e. The number of rotatable bonds is 0. The van der Waals surface area contributed by atoms with Crippen molar-refractivity contribution >= 4 is 75.5 Å². The van der Waals surface area contributed by atoms with Gasteiger partial charge in [0.15, 0.2) is 0 Å². The summed E-state index contributed by atoms with van der Waals surface area (Å²) < 4.78 is 0. The maximum Gasteiger partial charge on any atom is 2.00 e. The van der Waals surface area contributed by atoms with Crippen LogP contribution >= 0.6 is 0 Å². The van der Waals surface area contributed by atoms with Gasteiger partial charge in [0.05, 0.1) is 0 Å². The van der Waals surface area contributed by atoms with Crippen LogP contribution in [0.5, 0.6) is 0 Å². The molecule has 0 aliphatic heterocycles. The van der Waals surface area contributed by atoms with Crippen molar-refractivity contribution in [3.8, 4) is 0 Å². The van der Waals surface area contributed by atoms with Crippen molar-refractivity contribution in [2.75, 3.05) is 0 Å². The molecule has 0 rings (SSSR count). The monoisotopic (exact) mass is 156 g/mol. The number of hydrogen-bond donors (Lipinski definition) is 0. The molecule has 14 valence electrons. The maximum absolute atomic E-state index is 0. The van der Waals surface area contributed by atoms with Crippen LogP contribution in [0.1, 0.15) is 9.99 Å². The molecule has 0 nitrogen and oxygen atoms in total. The third-order valence-corrected chi connectivity index (χ3v) is 0. The summed E-state index contributed by atoms with van der Waals surface area (Å²) in [5, 5.41) is 0. The second kappa shape index (κ2) is 22.7. The number of hydrogen-bond acceptors (Lipinski definition) is 0. The van der Waals surface area contributed by atoms with Gasteiger partial charge in [-0.3, -0.25) is 0 Å². The maximum atomic E-state index is 0. The first-order valence-electron chi connectivity index (χ1n) is 0. The molecule has 0 saturated carbocycles. The summed E-state index contributed by atoms with van der Waals surface area (Å²) in [6, 6.07) is 0. The molecule has 0 unspecified atom stereocenters. The standard InChI is InChI=1S/2Ca.3Na.7H/q2*+2;3*+1;7*-1. The summed E-state index contributed by atoms with van der Waals surface area (Å²) in [5.74, 6) is 0. The van der Waals surface area contributed by atoms with E-state index in [0.29, 0.717) is 0 Å². The normalized spacial score (nSPS) is 0. The van der Waals surface area contributed by atoms with Gasteiger partial charge in [0.1, 0.15) is 0 Å². The third kappa shape index (κ3) is 17.7. The van der Waals surface area contributed by atoms with Gasteiger partial charge < -0.3 is 9.99 Å². The van der Waals surface area contributed by atoms with Gasteiger partial charge in [-0.25, -0.2) is 0 Å². The van der Waals surface area contributed by atoms with E-state index in [0.717, 1.165) is 0 Å². The van der Waals surface area contributed by atoms with Crippen molar-refractivity contribution in [3.05, 3.63) is 0 Å². The van der Waals surface area contributed by atoms with Gasteiger partial charge in [-0.1, -0.05) is 0 Å². The molecule has 0 atom stereocenters. The minimum Gasteiger partial charge on any atom is -1.00 e. The van der Waals surface area contributed by atoms with Crippen molar-refractivity contribution in [2.45, 2.75) is 0 Å². The molecule has 0 spiro atoms. The molecule has 5 heteroatoms. The summed E-state index contributed by atoms with van der Waals surface area (Å²) in [5.41, 5.74) is 0. The molecule has 0 radical (unpaired) electrons. The van der Waals surface area contributed by atoms with Crippen molar-refractivity contribution in [1.82, 2.24) is 0 Å². The van der Waals surface area contributed by atoms with E-state index < -0.39 is 0 Å². The van der Waals surface area contributed by atoms with Crippen LogP contribution in [0.15, 0.2) is 0 Å². The topological polar surface area (TPSA) is 0 Å². The van der Waals surface area contributed by atoms with E-state index in [9.17, 15) is 0 Å². The van der Waals surface area contributed by atoms with Crippen molar-refractivity contribution in [3.63, 3.8) is 0 Å². The molecule has 0 fully saturated rings. The van der Waals surface area contributed by atoms with E-state index in [1.807, 2.05) is 0 Å². The second-order valence-corrected chi connectivity index (χ2v) is 0. The van der Waals surface area contributed by atoms with Crippen LogP contribution in [0.3, 0.4) is 0 Å². The fraction of sp³-hybridized carbons (Fsp3) is 0. The van der Waals surface area contributed by atoms with E-state index in [2.05, 4.69) is 0 Å². The van der Waals surface area contributed by atoms with Crippen LogP contribution in [-0.4, -0.2) is 75.5 Å². The second-order valence-electron chi connectivity index (χ2n) is 0. The Morgan fingerprint density at radius 2 is 0.600 bits per heavy atom. The predicted octanol–water partition coefficient (Wildman–Crippen LogP) is -8.96. The summed E-state index contributed by atoms with van der Waals surface area (Å²) in [4.78, 5) is 0. The summed E-state index contributed by atoms with van der Waals surface area (Å²) in [7, 11) is 0. The summed E-state index contributed by atoms with van der Waals surface area (Å²) in [6.07, 6.45) is 0. The van der Waals surface area contributed by atoms with Crippen molar-refractivity contribution < 1.29 is 98.7 Å². The van der Waals surface area contributed by atoms with E-state index >= 15 is 0 Å². The van der Waals surface area contributed by atoms with E-state index in [4.69, 9.17) is 0 Å². The molecule has 0 amide bonds. The van der Waals surface area contributed by atoms with Crippen LogP contribution in [0.25, 0.3) is 0 Å². The van der Waals surface area contributed by atoms with Gasteiger partial charge in [0.25, 0.3) is 0 Å². The Balaban J connectivity index is 0. The van der Waals surface area contributed by atoms with E-state index in [1.165, 1.54) is 0 Å². The fourth-order valence-corrected chi connectivity index (χ4v) is 0. The summed E-state index contributed by atoms with van der Waals surface area (Å²) in [6.45, 7) is 0. The van der Waals surface area contributed by atoms with Crippen LogP contribution in [0, 0.1) is 0 Å². The molecule has 0 aromatic heterocycles. The fourth-order valence-electron chi connectivity index (χ4n) is 0. The van der Waals surface area contributed by atoms with Gasteiger partial charge in [-0.2, -0.15) is 0 Å². The first-order chi connectivity index (χ1) is 0. The smallest absolute Gasteiger partial charge is 1.00 e. The molecular weight excluding hydrogens is 149 g/mol. The molecule has 0 N–H and O–H groups in total. The predicted molar refractivity (Wildman–Crippen MR) is 19.3 cm³/mol. The minimum absolute atomic E-state index is 0. The van der Waals surface area contributed by atoms with Gasteiger partial charge >= 0.3 is 164 Å². The minimum atomic E-state index is 0. The van der Waals surface area contributed by atoms with Crippen LogP contribution < -0.4 is 88.7 Å². The Kier molecular flexibility index (Phi) is 142. The first kappa shape index (κ1) is 31.3. The molecule has 0 saturated heterocycles. The Labute approximate surface area is 169 Å². The Morgan fingerprint density at radius 1 is 0.600 bits per heavy atom. The quantitative estimate of drug-likeness (QED) is 0.306. The van der Waals surface area contributed by atoms with Crippen LogP contribution in [0.4, 0.5) is 0 Å². The Morgan fingerprint density at radius 3 is 0.600 bits per heavy atom. The zero-order chi connectivity index (χ0) is 0. The average molecular weight is 156 g/mol. The van der Waals surface area contributed by atoms with Gasteiger partial charge in [0.2, 0.25) is 0 Å². The zero-order valence-electron chi connectivity index (χ0n) is 11.4. The van der Waals surface area contributed by atoms with Gasteiger partial charge in [-0.15, -0.1) is 0 Å². The van der Waals surface area contributed by atoms with E-state index in [-0.39, 0.29) is 174 Å². The van der Waals surface area contributed by atoms with E-state index in [1.54, 1.807) is 0 Å². The Hall–Kier alpha value is 5.52. The molecule has 0 aliphatic rings. The third-order valence-electron chi connectivity index (χ3n) is 0. The van der Waals surface area contributed by atoms with Gasteiger partial charge in [0, 0.05) is 0 Å². The van der Waals surface area contributed by atoms with Crippen molar-refractivity contribution in [2.24, 2.45) is 0 Å². The zero-order valence-corrected chi connectivity index (χ0v) is 14.8. The van der Waals surface area contributed by atoms with Crippen molar-refractivity contribution in [1.29, 1.82) is 0 Å². The van der Waals surface area contributed by atoms with Gasteiger partial charge in [-0.05, 0) is 0 Å². The first-order valence-corrected chi connectivity index (χ1v) is 0. The molecule has 5 heavy (non-hydrogen) atoms. The Bertz CT molecular complexity index is 16.6. The van der Waals surface area contributed by atoms with Crippen LogP contribution in [0.2, 0.25) is 0 Å². The molecule has 0 aromatic rings. The molecule has 0 aliphatic carbocycles. The summed E-state index contributed by atoms with van der Waals surface area (Å²) >= 11 is 0. The molecule has 0 bridgehead atoms. The SMILES string of the molecule is [Ca+2].[Ca+2].[H-].[H-].[H-].[H-].[H-].[H-].[H-].[Na+].[Na+].[Na+]. The molecule has 0 heterocycles. The average Bonchev–Trinajstić information content (AvgIpc) is 0. The van der Waals surface area contributed by atoms with Crippen LogP contribution in [-0.2, 0) is 0 Å². The molecular formula is H7Ca2Na3.